The molecular formula is C15H24BrNOS. The van der Waals surface area contributed by atoms with Crippen LogP contribution >= 0.6 is 27.3 Å². The van der Waals surface area contributed by atoms with Crippen molar-refractivity contribution in [1.29, 1.82) is 0 Å². The van der Waals surface area contributed by atoms with Gasteiger partial charge in [-0.2, -0.15) is 0 Å². The van der Waals surface area contributed by atoms with Crippen molar-refractivity contribution in [2.24, 2.45) is 5.92 Å². The van der Waals surface area contributed by atoms with Crippen LogP contribution in [-0.4, -0.2) is 26.3 Å². The normalized spacial score (nSPS) is 20.4. The fraction of sp³-hybridized carbons (Fsp3) is 0.733. The maximum atomic E-state index is 5.85. The van der Waals surface area contributed by atoms with Crippen LogP contribution in [0.25, 0.3) is 0 Å². The maximum Gasteiger partial charge on any atom is 0.0755 e. The molecule has 2 rings (SSSR count). The van der Waals surface area contributed by atoms with Crippen LogP contribution in [0.1, 0.15) is 37.0 Å². The summed E-state index contributed by atoms with van der Waals surface area (Å²) in [6.45, 7) is 0. The molecule has 0 aromatic carbocycles. The minimum atomic E-state index is 0.339. The lowest BCUT2D eigenvalue weighted by Gasteiger charge is -2.34. The van der Waals surface area contributed by atoms with Gasteiger partial charge >= 0.3 is 0 Å². The largest absolute Gasteiger partial charge is 0.380 e. The maximum absolute atomic E-state index is 5.85. The second kappa shape index (κ2) is 7.77. The Morgan fingerprint density at radius 1 is 1.37 bits per heavy atom. The van der Waals surface area contributed by atoms with E-state index in [1.807, 2.05) is 18.4 Å². The van der Waals surface area contributed by atoms with Gasteiger partial charge in [0.25, 0.3) is 0 Å². The fourth-order valence-electron chi connectivity index (χ4n) is 3.21. The van der Waals surface area contributed by atoms with Crippen molar-refractivity contribution >= 4 is 27.3 Å². The van der Waals surface area contributed by atoms with Gasteiger partial charge in [0, 0.05) is 18.0 Å². The minimum Gasteiger partial charge on any atom is -0.380 e. The van der Waals surface area contributed by atoms with E-state index < -0.39 is 0 Å². The molecule has 108 valence electrons. The number of ether oxygens (including phenoxy) is 1. The molecule has 1 fully saturated rings. The Morgan fingerprint density at radius 2 is 2.11 bits per heavy atom. The molecule has 1 N–H and O–H groups in total. The Morgan fingerprint density at radius 3 is 2.63 bits per heavy atom. The third-order valence-corrected chi connectivity index (χ3v) is 5.85. The molecule has 4 heteroatoms. The summed E-state index contributed by atoms with van der Waals surface area (Å²) in [5.41, 5.74) is 0. The highest BCUT2D eigenvalue weighted by Gasteiger charge is 2.30. The van der Waals surface area contributed by atoms with Gasteiger partial charge in [0.05, 0.1) is 9.89 Å². The lowest BCUT2D eigenvalue weighted by atomic mass is 9.81. The Kier molecular flexibility index (Phi) is 6.33. The molecule has 1 aliphatic carbocycles. The van der Waals surface area contributed by atoms with Gasteiger partial charge in [-0.1, -0.05) is 19.3 Å². The van der Waals surface area contributed by atoms with Crippen molar-refractivity contribution in [3.63, 3.8) is 0 Å². The zero-order valence-electron chi connectivity index (χ0n) is 11.8. The van der Waals surface area contributed by atoms with Crippen LogP contribution in [0.5, 0.6) is 0 Å². The first-order valence-corrected chi connectivity index (χ1v) is 8.79. The predicted molar refractivity (Wildman–Crippen MR) is 85.9 cm³/mol. The molecular weight excluding hydrogens is 322 g/mol. The molecule has 2 atom stereocenters. The van der Waals surface area contributed by atoms with Gasteiger partial charge < -0.3 is 10.1 Å². The first-order valence-electron chi connectivity index (χ1n) is 7.19. The number of nitrogens with one attached hydrogen (secondary N) is 1. The van der Waals surface area contributed by atoms with Crippen LogP contribution in [-0.2, 0) is 11.2 Å². The van der Waals surface area contributed by atoms with E-state index in [1.165, 1.54) is 40.8 Å². The molecule has 1 heterocycles. The number of thiophene rings is 1. The second-order valence-electron chi connectivity index (χ2n) is 5.40. The van der Waals surface area contributed by atoms with Gasteiger partial charge in [0.1, 0.15) is 0 Å². The highest BCUT2D eigenvalue weighted by atomic mass is 79.9. The molecule has 1 aromatic rings. The monoisotopic (exact) mass is 345 g/mol. The summed E-state index contributed by atoms with van der Waals surface area (Å²) in [4.78, 5) is 1.42. The summed E-state index contributed by atoms with van der Waals surface area (Å²) in [5.74, 6) is 0.722. The van der Waals surface area contributed by atoms with Gasteiger partial charge in [-0.15, -0.1) is 11.3 Å². The first-order chi connectivity index (χ1) is 9.24. The number of halogens is 1. The van der Waals surface area contributed by atoms with Crippen LogP contribution in [0.4, 0.5) is 0 Å². The standard InChI is InChI=1S/C15H24BrNOS/c1-17-13(10-12-8-9-14(16)19-12)15(18-2)11-6-4-3-5-7-11/h8-9,11,13,15,17H,3-7,10H2,1-2H3. The number of methoxy groups -OCH3 is 1. The smallest absolute Gasteiger partial charge is 0.0755 e. The molecule has 0 amide bonds. The lowest BCUT2D eigenvalue weighted by molar-refractivity contribution is 0.0103. The molecule has 0 bridgehead atoms. The molecule has 2 unspecified atom stereocenters. The summed E-state index contributed by atoms with van der Waals surface area (Å²) < 4.78 is 7.06. The van der Waals surface area contributed by atoms with Crippen molar-refractivity contribution in [3.05, 3.63) is 20.8 Å². The summed E-state index contributed by atoms with van der Waals surface area (Å²) in [7, 11) is 3.93. The Labute approximate surface area is 129 Å². The summed E-state index contributed by atoms with van der Waals surface area (Å²) in [6.07, 6.45) is 8.18. The van der Waals surface area contributed by atoms with Gasteiger partial charge in [-0.25, -0.2) is 0 Å². The third-order valence-electron chi connectivity index (χ3n) is 4.20. The van der Waals surface area contributed by atoms with Crippen molar-refractivity contribution in [3.8, 4) is 0 Å². The molecule has 0 saturated heterocycles. The highest BCUT2D eigenvalue weighted by molar-refractivity contribution is 9.11. The van der Waals surface area contributed by atoms with Gasteiger partial charge in [0.15, 0.2) is 0 Å². The van der Waals surface area contributed by atoms with Crippen LogP contribution in [0, 0.1) is 5.92 Å². The Balaban J connectivity index is 2.00. The number of likely N-dealkylation sites (N-methyl/N-ethyl adjacent to an activating group) is 1. The van der Waals surface area contributed by atoms with E-state index in [1.54, 1.807) is 0 Å². The van der Waals surface area contributed by atoms with Crippen molar-refractivity contribution in [1.82, 2.24) is 5.32 Å². The van der Waals surface area contributed by atoms with E-state index in [9.17, 15) is 0 Å². The van der Waals surface area contributed by atoms with Crippen molar-refractivity contribution in [2.45, 2.75) is 50.7 Å². The topological polar surface area (TPSA) is 21.3 Å². The van der Waals surface area contributed by atoms with Gasteiger partial charge in [-0.05, 0) is 60.3 Å². The number of rotatable bonds is 6. The second-order valence-corrected chi connectivity index (χ2v) is 7.95. The van der Waals surface area contributed by atoms with Crippen LogP contribution in [0.15, 0.2) is 15.9 Å². The number of hydrogen-bond donors (Lipinski definition) is 1. The quantitative estimate of drug-likeness (QED) is 0.832. The fourth-order valence-corrected chi connectivity index (χ4v) is 4.75. The van der Waals surface area contributed by atoms with Crippen LogP contribution < -0.4 is 5.32 Å². The minimum absolute atomic E-state index is 0.339. The average Bonchev–Trinajstić information content (AvgIpc) is 2.85. The van der Waals surface area contributed by atoms with Gasteiger partial charge in [-0.3, -0.25) is 0 Å². The summed E-state index contributed by atoms with van der Waals surface area (Å²) >= 11 is 5.37. The lowest BCUT2D eigenvalue weighted by Crippen LogP contribution is -2.45. The highest BCUT2D eigenvalue weighted by Crippen LogP contribution is 2.31. The first kappa shape index (κ1) is 15.5. The van der Waals surface area contributed by atoms with E-state index in [0.717, 1.165) is 12.3 Å². The molecule has 19 heavy (non-hydrogen) atoms. The van der Waals surface area contributed by atoms with E-state index in [4.69, 9.17) is 4.74 Å². The molecule has 1 aliphatic rings. The number of hydrogen-bond acceptors (Lipinski definition) is 3. The molecule has 0 aliphatic heterocycles. The van der Waals surface area contributed by atoms with Crippen LogP contribution in [0.3, 0.4) is 0 Å². The Bertz CT molecular complexity index is 376. The Hall–Kier alpha value is 0.1000. The molecule has 2 nitrogen and oxygen atoms in total. The van der Waals surface area contributed by atoms with E-state index in [0.29, 0.717) is 12.1 Å². The third kappa shape index (κ3) is 4.28. The average molecular weight is 346 g/mol. The van der Waals surface area contributed by atoms with E-state index in [-0.39, 0.29) is 0 Å². The molecule has 1 saturated carbocycles. The molecule has 0 spiro atoms. The molecule has 1 aromatic heterocycles. The SMILES string of the molecule is CNC(Cc1ccc(Br)s1)C(OC)C1CCCCC1. The van der Waals surface area contributed by atoms with E-state index >= 15 is 0 Å². The van der Waals surface area contributed by atoms with Gasteiger partial charge in [0.2, 0.25) is 0 Å². The zero-order chi connectivity index (χ0) is 13.7. The predicted octanol–water partition coefficient (Wildman–Crippen LogP) is 4.24. The zero-order valence-corrected chi connectivity index (χ0v) is 14.2. The van der Waals surface area contributed by atoms with Crippen LogP contribution in [0.2, 0.25) is 0 Å². The summed E-state index contributed by atoms with van der Waals surface area (Å²) in [6, 6.07) is 4.76. The summed E-state index contributed by atoms with van der Waals surface area (Å²) in [5, 5.41) is 3.47. The van der Waals surface area contributed by atoms with Crippen molar-refractivity contribution in [2.75, 3.05) is 14.2 Å². The molecule has 0 radical (unpaired) electrons. The van der Waals surface area contributed by atoms with E-state index in [2.05, 4.69) is 40.4 Å². The van der Waals surface area contributed by atoms with Crippen molar-refractivity contribution < 1.29 is 4.74 Å².